The fourth-order valence-corrected chi connectivity index (χ4v) is 1.54. The lowest BCUT2D eigenvalue weighted by molar-refractivity contribution is -0.118. The van der Waals surface area contributed by atoms with Crippen LogP contribution in [-0.4, -0.2) is 18.2 Å². The summed E-state index contributed by atoms with van der Waals surface area (Å²) in [7, 11) is 0. The van der Waals surface area contributed by atoms with E-state index < -0.39 is 0 Å². The fraction of sp³-hybridized carbons (Fsp3) is 0.267. The number of carbonyl (C=O) groups excluding carboxylic acids is 2. The summed E-state index contributed by atoms with van der Waals surface area (Å²) < 4.78 is 0. The third-order valence-corrected chi connectivity index (χ3v) is 2.44. The summed E-state index contributed by atoms with van der Waals surface area (Å²) in [5.41, 5.74) is 1.46. The number of rotatable bonds is 6. The van der Waals surface area contributed by atoms with Crippen LogP contribution in [0, 0.1) is 11.3 Å². The van der Waals surface area contributed by atoms with Gasteiger partial charge in [0.2, 0.25) is 5.91 Å². The van der Waals surface area contributed by atoms with Gasteiger partial charge in [-0.3, -0.25) is 9.59 Å². The van der Waals surface area contributed by atoms with Crippen molar-refractivity contribution in [2.24, 2.45) is 0 Å². The number of nitrogens with zero attached hydrogens (tertiary/aromatic N) is 1. The maximum atomic E-state index is 11.6. The molecule has 0 aliphatic rings. The third kappa shape index (κ3) is 5.64. The second kappa shape index (κ2) is 7.83. The summed E-state index contributed by atoms with van der Waals surface area (Å²) in [6.45, 7) is 2.08. The van der Waals surface area contributed by atoms with E-state index in [-0.39, 0.29) is 18.1 Å². The number of Topliss-reactive ketones (excluding diaryl/α,β-unsaturated/α-hetero) is 1. The number of hydrogen-bond acceptors (Lipinski definition) is 3. The second-order valence-corrected chi connectivity index (χ2v) is 4.06. The molecule has 0 bridgehead atoms. The average molecular weight is 256 g/mol. The second-order valence-electron chi connectivity index (χ2n) is 4.06. The molecule has 4 heteroatoms. The van der Waals surface area contributed by atoms with Crippen molar-refractivity contribution in [2.75, 3.05) is 6.54 Å². The van der Waals surface area contributed by atoms with Crippen LogP contribution in [-0.2, 0) is 4.79 Å². The number of nitriles is 1. The molecule has 1 aromatic carbocycles. The van der Waals surface area contributed by atoms with Gasteiger partial charge in [0.25, 0.3) is 0 Å². The highest BCUT2D eigenvalue weighted by Crippen LogP contribution is 2.09. The molecule has 19 heavy (non-hydrogen) atoms. The predicted octanol–water partition coefficient (Wildman–Crippen LogP) is 2.32. The molecule has 0 saturated carbocycles. The van der Waals surface area contributed by atoms with Gasteiger partial charge in [0.05, 0.1) is 12.5 Å². The topological polar surface area (TPSA) is 70.0 Å². The Kier molecular flexibility index (Phi) is 6.04. The monoisotopic (exact) mass is 256 g/mol. The van der Waals surface area contributed by atoms with Crippen LogP contribution in [0.3, 0.4) is 0 Å². The van der Waals surface area contributed by atoms with E-state index in [1.165, 1.54) is 6.92 Å². The molecule has 98 valence electrons. The van der Waals surface area contributed by atoms with Gasteiger partial charge >= 0.3 is 0 Å². The lowest BCUT2D eigenvalue weighted by Crippen LogP contribution is -2.20. The molecule has 0 radical (unpaired) electrons. The molecule has 0 fully saturated rings. The normalized spacial score (nSPS) is 10.1. The van der Waals surface area contributed by atoms with Crippen LogP contribution >= 0.6 is 0 Å². The number of carbonyl (C=O) groups is 2. The zero-order valence-electron chi connectivity index (χ0n) is 10.8. The van der Waals surface area contributed by atoms with Crippen molar-refractivity contribution in [3.05, 3.63) is 41.5 Å². The zero-order chi connectivity index (χ0) is 14.1. The number of ketones is 1. The molecular formula is C15H16N2O2. The van der Waals surface area contributed by atoms with Gasteiger partial charge in [-0.25, -0.2) is 0 Å². The first-order valence-corrected chi connectivity index (χ1v) is 6.04. The third-order valence-electron chi connectivity index (χ3n) is 2.44. The Hall–Kier alpha value is -2.41. The minimum absolute atomic E-state index is 0.0440. The van der Waals surface area contributed by atoms with E-state index in [9.17, 15) is 9.59 Å². The van der Waals surface area contributed by atoms with Crippen LogP contribution < -0.4 is 5.32 Å². The highest BCUT2D eigenvalue weighted by Gasteiger charge is 2.04. The Bertz CT molecular complexity index is 527. The zero-order valence-corrected chi connectivity index (χ0v) is 10.8. The molecule has 0 heterocycles. The largest absolute Gasteiger partial charge is 0.356 e. The summed E-state index contributed by atoms with van der Waals surface area (Å²) in [6.07, 6.45) is 4.46. The first kappa shape index (κ1) is 14.7. The molecule has 0 unspecified atom stereocenters. The quantitative estimate of drug-likeness (QED) is 0.627. The van der Waals surface area contributed by atoms with Gasteiger partial charge in [-0.05, 0) is 18.1 Å². The van der Waals surface area contributed by atoms with Crippen molar-refractivity contribution < 1.29 is 9.59 Å². The minimum atomic E-state index is -0.170. The van der Waals surface area contributed by atoms with Crippen molar-refractivity contribution in [2.45, 2.75) is 19.8 Å². The smallest absolute Gasteiger partial charge is 0.216 e. The molecule has 1 rings (SSSR count). The van der Waals surface area contributed by atoms with E-state index in [2.05, 4.69) is 5.32 Å². The summed E-state index contributed by atoms with van der Waals surface area (Å²) in [5.74, 6) is -0.214. The molecule has 0 saturated heterocycles. The first-order valence-electron chi connectivity index (χ1n) is 6.04. The summed E-state index contributed by atoms with van der Waals surface area (Å²) in [5, 5.41) is 11.2. The fourth-order valence-electron chi connectivity index (χ4n) is 1.54. The molecule has 4 nitrogen and oxygen atoms in total. The van der Waals surface area contributed by atoms with Crippen molar-refractivity contribution >= 4 is 17.8 Å². The lowest BCUT2D eigenvalue weighted by Gasteiger charge is -1.99. The van der Waals surface area contributed by atoms with Crippen LogP contribution in [0.4, 0.5) is 0 Å². The highest BCUT2D eigenvalue weighted by atomic mass is 16.1. The minimum Gasteiger partial charge on any atom is -0.356 e. The number of amides is 1. The van der Waals surface area contributed by atoms with E-state index in [1.54, 1.807) is 18.2 Å². The van der Waals surface area contributed by atoms with Crippen molar-refractivity contribution in [3.8, 4) is 6.07 Å². The van der Waals surface area contributed by atoms with Gasteiger partial charge in [0.1, 0.15) is 0 Å². The standard InChI is InChI=1S/C15H16N2O2/c1-12(18)17-10-3-2-5-13-6-4-7-14(11-13)15(19)8-9-16/h2,4-7,11H,3,8,10H2,1H3,(H,17,18). The molecule has 1 N–H and O–H groups in total. The van der Waals surface area contributed by atoms with E-state index >= 15 is 0 Å². The maximum absolute atomic E-state index is 11.6. The average Bonchev–Trinajstić information content (AvgIpc) is 2.38. The molecule has 0 atom stereocenters. The van der Waals surface area contributed by atoms with Crippen LogP contribution in [0.15, 0.2) is 30.3 Å². The summed E-state index contributed by atoms with van der Waals surface area (Å²) in [6, 6.07) is 8.99. The maximum Gasteiger partial charge on any atom is 0.216 e. The van der Waals surface area contributed by atoms with Gasteiger partial charge < -0.3 is 5.32 Å². The van der Waals surface area contributed by atoms with Crippen molar-refractivity contribution in [1.29, 1.82) is 5.26 Å². The molecule has 0 spiro atoms. The van der Waals surface area contributed by atoms with E-state index in [4.69, 9.17) is 5.26 Å². The Morgan fingerprint density at radius 2 is 2.21 bits per heavy atom. The van der Waals surface area contributed by atoms with Gasteiger partial charge in [-0.15, -0.1) is 0 Å². The Morgan fingerprint density at radius 1 is 1.42 bits per heavy atom. The Labute approximate surface area is 112 Å². The van der Waals surface area contributed by atoms with Crippen LogP contribution in [0.2, 0.25) is 0 Å². The molecule has 0 aliphatic heterocycles. The summed E-state index contributed by atoms with van der Waals surface area (Å²) in [4.78, 5) is 22.2. The van der Waals surface area contributed by atoms with E-state index in [1.807, 2.05) is 24.3 Å². The van der Waals surface area contributed by atoms with Crippen LogP contribution in [0.5, 0.6) is 0 Å². The molecule has 0 aromatic heterocycles. The Balaban J connectivity index is 2.57. The number of hydrogen-bond donors (Lipinski definition) is 1. The molecule has 1 amide bonds. The number of benzene rings is 1. The van der Waals surface area contributed by atoms with Gasteiger partial charge in [0.15, 0.2) is 5.78 Å². The van der Waals surface area contributed by atoms with Gasteiger partial charge in [-0.1, -0.05) is 30.4 Å². The van der Waals surface area contributed by atoms with Gasteiger partial charge in [0, 0.05) is 19.0 Å². The highest BCUT2D eigenvalue weighted by molar-refractivity contribution is 5.97. The Morgan fingerprint density at radius 3 is 2.89 bits per heavy atom. The SMILES string of the molecule is CC(=O)NCCC=Cc1cccc(C(=O)CC#N)c1. The van der Waals surface area contributed by atoms with Crippen LogP contribution in [0.25, 0.3) is 6.08 Å². The lowest BCUT2D eigenvalue weighted by atomic mass is 10.1. The van der Waals surface area contributed by atoms with Gasteiger partial charge in [-0.2, -0.15) is 5.26 Å². The molecule has 1 aromatic rings. The molecule has 0 aliphatic carbocycles. The first-order chi connectivity index (χ1) is 9.13. The van der Waals surface area contributed by atoms with E-state index in [0.717, 1.165) is 12.0 Å². The number of nitrogens with one attached hydrogen (secondary N) is 1. The van der Waals surface area contributed by atoms with Crippen molar-refractivity contribution in [1.82, 2.24) is 5.32 Å². The van der Waals surface area contributed by atoms with Crippen LogP contribution in [0.1, 0.15) is 35.7 Å². The van der Waals surface area contributed by atoms with Crippen molar-refractivity contribution in [3.63, 3.8) is 0 Å². The predicted molar refractivity (Wildman–Crippen MR) is 73.3 cm³/mol. The van der Waals surface area contributed by atoms with E-state index in [0.29, 0.717) is 12.1 Å². The molecular weight excluding hydrogens is 240 g/mol. The summed E-state index contributed by atoms with van der Waals surface area (Å²) >= 11 is 0.